The largest absolute Gasteiger partial charge is 0.272 e. The van der Waals surface area contributed by atoms with Crippen LogP contribution in [0.25, 0.3) is 12.2 Å². The molecule has 0 fully saturated rings. The van der Waals surface area contributed by atoms with Crippen LogP contribution in [-0.4, -0.2) is 17.3 Å². The molecule has 0 saturated heterocycles. The maximum atomic E-state index is 3.16. The number of nitrogens with one attached hydrogen (secondary N) is 2. The molecule has 2 nitrogen and oxygen atoms in total. The van der Waals surface area contributed by atoms with Gasteiger partial charge in [-0.3, -0.25) is 12.2 Å². The summed E-state index contributed by atoms with van der Waals surface area (Å²) in [4.78, 5) is 0. The molecule has 192 valence electrons. The van der Waals surface area contributed by atoms with E-state index in [9.17, 15) is 0 Å². The molecule has 38 heavy (non-hydrogen) atoms. The molecule has 0 heterocycles. The first-order valence-electron chi connectivity index (χ1n) is 12.8. The Labute approximate surface area is 244 Å². The summed E-state index contributed by atoms with van der Waals surface area (Å²) in [6.07, 6.45) is 12.4. The monoisotopic (exact) mass is 576 g/mol. The van der Waals surface area contributed by atoms with E-state index in [1.165, 1.54) is 25.5 Å². The average Bonchev–Trinajstić information content (AvgIpc) is 3.64. The fourth-order valence-electron chi connectivity index (χ4n) is 3.42. The summed E-state index contributed by atoms with van der Waals surface area (Å²) in [6.45, 7) is 4.25. The quantitative estimate of drug-likeness (QED) is 0.234. The normalized spacial score (nSPS) is 10.9. The zero-order valence-electron chi connectivity index (χ0n) is 23.0. The van der Waals surface area contributed by atoms with Gasteiger partial charge >= 0.3 is 41.3 Å². The van der Waals surface area contributed by atoms with E-state index in [0.717, 1.165) is 24.2 Å². The summed E-state index contributed by atoms with van der Waals surface area (Å²) >= 11 is 1.55. The van der Waals surface area contributed by atoms with Crippen molar-refractivity contribution in [2.45, 2.75) is 26.7 Å². The van der Waals surface area contributed by atoms with Crippen molar-refractivity contribution in [3.63, 3.8) is 0 Å². The van der Waals surface area contributed by atoms with Crippen LogP contribution in [0.2, 0.25) is 0 Å². The van der Waals surface area contributed by atoms with E-state index in [-0.39, 0.29) is 0 Å². The number of hydrogen-bond donors (Lipinski definition) is 2. The third-order valence-corrected chi connectivity index (χ3v) is 5.34. The average molecular weight is 578 g/mol. The van der Waals surface area contributed by atoms with E-state index in [4.69, 9.17) is 0 Å². The second-order valence-corrected chi connectivity index (χ2v) is 11.1. The van der Waals surface area contributed by atoms with Gasteiger partial charge in [-0.25, -0.2) is 12.2 Å². The van der Waals surface area contributed by atoms with E-state index in [1.54, 1.807) is 24.2 Å². The minimum atomic E-state index is 0.996. The SMILES string of the molecule is CNc1ccccc1.CNc1ccccc1.C[C](C)=[Zr+2].[C-]1=Cc2ccccc2C1.[C-]1=Cc2ccccc2C1. The number of fused-ring (bicyclic) bond motifs is 2. The molecule has 2 aliphatic carbocycles. The van der Waals surface area contributed by atoms with Crippen molar-refractivity contribution >= 4 is 26.7 Å². The maximum absolute atomic E-state index is 3.16. The van der Waals surface area contributed by atoms with Crippen LogP contribution in [0.15, 0.2) is 109 Å². The molecule has 0 aliphatic heterocycles. The number of allylic oxidation sites excluding steroid dienone is 2. The molecular formula is C35H38N2Zr. The number of rotatable bonds is 2. The molecule has 6 rings (SSSR count). The summed E-state index contributed by atoms with van der Waals surface area (Å²) in [6, 6.07) is 36.9. The van der Waals surface area contributed by atoms with Crippen molar-refractivity contribution in [2.75, 3.05) is 24.7 Å². The summed E-state index contributed by atoms with van der Waals surface area (Å²) in [5, 5.41) is 6.05. The van der Waals surface area contributed by atoms with Crippen LogP contribution in [-0.2, 0) is 37.1 Å². The van der Waals surface area contributed by atoms with Gasteiger partial charge in [0, 0.05) is 25.5 Å². The first kappa shape index (κ1) is 30.9. The summed E-state index contributed by atoms with van der Waals surface area (Å²) in [5.41, 5.74) is 7.78. The van der Waals surface area contributed by atoms with Gasteiger partial charge in [-0.15, -0.1) is 36.1 Å². The molecule has 0 radical (unpaired) electrons. The van der Waals surface area contributed by atoms with Gasteiger partial charge in [-0.1, -0.05) is 72.8 Å². The summed E-state index contributed by atoms with van der Waals surface area (Å²) in [5.74, 6) is 0. The Kier molecular flexibility index (Phi) is 15.4. The Bertz CT molecular complexity index is 1160. The minimum absolute atomic E-state index is 0.996. The number of benzene rings is 4. The molecule has 0 aromatic heterocycles. The van der Waals surface area contributed by atoms with E-state index >= 15 is 0 Å². The fourth-order valence-corrected chi connectivity index (χ4v) is 3.42. The molecular weight excluding hydrogens is 540 g/mol. The number of anilines is 2. The fraction of sp³-hybridized carbons (Fsp3) is 0.171. The topological polar surface area (TPSA) is 24.1 Å². The Morgan fingerprint density at radius 2 is 0.868 bits per heavy atom. The van der Waals surface area contributed by atoms with E-state index in [2.05, 4.69) is 97.3 Å². The van der Waals surface area contributed by atoms with Crippen molar-refractivity contribution < 1.29 is 24.2 Å². The second kappa shape index (κ2) is 18.9. The van der Waals surface area contributed by atoms with Crippen molar-refractivity contribution in [2.24, 2.45) is 0 Å². The molecule has 4 aromatic carbocycles. The zero-order valence-corrected chi connectivity index (χ0v) is 25.4. The van der Waals surface area contributed by atoms with Crippen LogP contribution in [0.1, 0.15) is 36.1 Å². The van der Waals surface area contributed by atoms with Crippen LogP contribution < -0.4 is 10.6 Å². The predicted octanol–water partition coefficient (Wildman–Crippen LogP) is 8.32. The van der Waals surface area contributed by atoms with Crippen molar-refractivity contribution in [1.29, 1.82) is 0 Å². The minimum Gasteiger partial charge on any atom is -0.272 e. The Hall–Kier alpha value is -3.29. The molecule has 0 amide bonds. The van der Waals surface area contributed by atoms with Gasteiger partial charge in [-0.2, -0.15) is 11.1 Å². The van der Waals surface area contributed by atoms with E-state index in [0.29, 0.717) is 0 Å². The summed E-state index contributed by atoms with van der Waals surface area (Å²) in [7, 11) is 3.82. The van der Waals surface area contributed by atoms with E-state index in [1.807, 2.05) is 74.8 Å². The van der Waals surface area contributed by atoms with Gasteiger partial charge in [0.05, 0.1) is 0 Å². The third kappa shape index (κ3) is 12.8. The standard InChI is InChI=1S/2C9H7.2C7H9N.C3H6.Zr/c2*1-2-5-9-7-3-6-8(9)4-1;2*1-8-7-5-3-2-4-6-7;1-3-2;/h2*1-2,4-6H,7H2;2*2-6,8H,1H3;1-2H3;/q2*-1;;;;+2. The third-order valence-electron chi connectivity index (χ3n) is 5.34. The number of para-hydroxylation sites is 2. The molecule has 3 heteroatoms. The Morgan fingerprint density at radius 1 is 0.553 bits per heavy atom. The van der Waals surface area contributed by atoms with E-state index < -0.39 is 0 Å². The van der Waals surface area contributed by atoms with Gasteiger partial charge < -0.3 is 10.6 Å². The molecule has 2 N–H and O–H groups in total. The maximum Gasteiger partial charge on any atom is -0.0650 e. The first-order valence-corrected chi connectivity index (χ1v) is 14.0. The zero-order chi connectivity index (χ0) is 27.4. The number of hydrogen-bond acceptors (Lipinski definition) is 2. The predicted molar refractivity (Wildman–Crippen MR) is 164 cm³/mol. The molecule has 0 spiro atoms. The van der Waals surface area contributed by atoms with Gasteiger partial charge in [0.15, 0.2) is 0 Å². The molecule has 2 aliphatic rings. The van der Waals surface area contributed by atoms with Crippen LogP contribution in [0, 0.1) is 12.2 Å². The van der Waals surface area contributed by atoms with Crippen LogP contribution in [0.4, 0.5) is 11.4 Å². The van der Waals surface area contributed by atoms with Gasteiger partial charge in [0.25, 0.3) is 0 Å². The Balaban J connectivity index is 0.000000170. The first-order chi connectivity index (χ1) is 18.5. The van der Waals surface area contributed by atoms with Crippen molar-refractivity contribution in [1.82, 2.24) is 0 Å². The van der Waals surface area contributed by atoms with Crippen LogP contribution in [0.5, 0.6) is 0 Å². The molecule has 0 saturated carbocycles. The van der Waals surface area contributed by atoms with Crippen LogP contribution in [0.3, 0.4) is 0 Å². The Morgan fingerprint density at radius 3 is 1.16 bits per heavy atom. The van der Waals surface area contributed by atoms with Crippen molar-refractivity contribution in [3.8, 4) is 0 Å². The molecule has 0 atom stereocenters. The molecule has 0 bridgehead atoms. The molecule has 0 unspecified atom stereocenters. The van der Waals surface area contributed by atoms with Crippen LogP contribution >= 0.6 is 0 Å². The summed E-state index contributed by atoms with van der Waals surface area (Å²) < 4.78 is 1.51. The van der Waals surface area contributed by atoms with Gasteiger partial charge in [0.2, 0.25) is 0 Å². The van der Waals surface area contributed by atoms with Gasteiger partial charge in [-0.05, 0) is 24.3 Å². The van der Waals surface area contributed by atoms with Crippen molar-refractivity contribution in [3.05, 3.63) is 144 Å². The van der Waals surface area contributed by atoms with Gasteiger partial charge in [0.1, 0.15) is 0 Å². The second-order valence-electron chi connectivity index (χ2n) is 8.68. The molecule has 4 aromatic rings. The smallest absolute Gasteiger partial charge is 0.0650 e.